The van der Waals surface area contributed by atoms with Crippen LogP contribution >= 0.6 is 15.9 Å². The number of hydrogen-bond donors (Lipinski definition) is 3. The lowest BCUT2D eigenvalue weighted by atomic mass is 10.1. The number of rotatable bonds is 5. The van der Waals surface area contributed by atoms with Crippen molar-refractivity contribution in [2.75, 3.05) is 0 Å². The molecule has 0 aliphatic carbocycles. The van der Waals surface area contributed by atoms with Crippen molar-refractivity contribution in [3.8, 4) is 0 Å². The van der Waals surface area contributed by atoms with Crippen molar-refractivity contribution in [3.05, 3.63) is 55.5 Å². The van der Waals surface area contributed by atoms with E-state index in [2.05, 4.69) is 31.7 Å². The van der Waals surface area contributed by atoms with E-state index in [9.17, 15) is 14.4 Å². The van der Waals surface area contributed by atoms with Gasteiger partial charge in [0.15, 0.2) is 0 Å². The van der Waals surface area contributed by atoms with Crippen LogP contribution in [0.4, 0.5) is 0 Å². The number of aromatic nitrogens is 1. The molecular formula is C17H20BrN3O4. The average molecular weight is 410 g/mol. The Bertz CT molecular complexity index is 856. The lowest BCUT2D eigenvalue weighted by Crippen LogP contribution is -2.49. The number of carbonyl (C=O) groups excluding carboxylic acids is 2. The van der Waals surface area contributed by atoms with Gasteiger partial charge in [0.05, 0.1) is 5.56 Å². The van der Waals surface area contributed by atoms with Crippen LogP contribution in [0.25, 0.3) is 0 Å². The minimum atomic E-state index is -0.581. The molecule has 1 aromatic heterocycles. The molecule has 0 bridgehead atoms. The van der Waals surface area contributed by atoms with Crippen molar-refractivity contribution in [2.24, 2.45) is 0 Å². The molecule has 25 heavy (non-hydrogen) atoms. The van der Waals surface area contributed by atoms with E-state index in [1.807, 2.05) is 13.0 Å². The molecule has 0 radical (unpaired) electrons. The Morgan fingerprint density at radius 1 is 1.12 bits per heavy atom. The third-order valence-electron chi connectivity index (χ3n) is 4.01. The van der Waals surface area contributed by atoms with Crippen LogP contribution in [-0.4, -0.2) is 29.1 Å². The predicted molar refractivity (Wildman–Crippen MR) is 96.8 cm³/mol. The van der Waals surface area contributed by atoms with E-state index in [4.69, 9.17) is 4.52 Å². The molecule has 7 nitrogen and oxygen atoms in total. The largest absolute Gasteiger partial charge is 0.383 e. The van der Waals surface area contributed by atoms with E-state index in [1.165, 1.54) is 6.92 Å². The van der Waals surface area contributed by atoms with Crippen LogP contribution in [0.15, 0.2) is 32.0 Å². The zero-order valence-corrected chi connectivity index (χ0v) is 16.0. The second-order valence-corrected chi connectivity index (χ2v) is 6.72. The molecule has 0 spiro atoms. The number of aryl methyl sites for hydroxylation is 2. The normalized spacial score (nSPS) is 13.2. The number of nitrogens with one attached hydrogen (secondary N) is 3. The molecule has 0 aliphatic heterocycles. The first-order chi connectivity index (χ1) is 11.7. The van der Waals surface area contributed by atoms with Crippen LogP contribution in [-0.2, 0) is 0 Å². The lowest BCUT2D eigenvalue weighted by molar-refractivity contribution is 0.0890. The van der Waals surface area contributed by atoms with Gasteiger partial charge in [-0.25, -0.2) is 0 Å². The first kappa shape index (κ1) is 19.0. The number of aromatic amines is 1. The first-order valence-corrected chi connectivity index (χ1v) is 8.56. The van der Waals surface area contributed by atoms with Gasteiger partial charge < -0.3 is 15.2 Å². The zero-order valence-electron chi connectivity index (χ0n) is 14.4. The Kier molecular flexibility index (Phi) is 5.84. The summed E-state index contributed by atoms with van der Waals surface area (Å²) in [4.78, 5) is 36.2. The maximum Gasteiger partial charge on any atom is 0.293 e. The summed E-state index contributed by atoms with van der Waals surface area (Å²) in [6, 6.07) is 4.68. The third kappa shape index (κ3) is 4.19. The summed E-state index contributed by atoms with van der Waals surface area (Å²) in [5, 5.41) is 7.67. The van der Waals surface area contributed by atoms with Crippen LogP contribution in [0.2, 0.25) is 0 Å². The van der Waals surface area contributed by atoms with E-state index in [0.29, 0.717) is 5.56 Å². The van der Waals surface area contributed by atoms with E-state index in [-0.39, 0.29) is 23.3 Å². The van der Waals surface area contributed by atoms with Gasteiger partial charge in [0.2, 0.25) is 0 Å². The van der Waals surface area contributed by atoms with Crippen LogP contribution in [0.5, 0.6) is 0 Å². The highest BCUT2D eigenvalue weighted by atomic mass is 79.9. The highest BCUT2D eigenvalue weighted by molar-refractivity contribution is 9.10. The standard InChI is InChI=1S/C17H20BrN3O4/c1-8-6-5-7-12(14(8)18)15(22)19-9(2)10(3)20-16(23)13-11(4)25-21-17(13)24/h5-7,9-10H,1-4H3,(H,19,22)(H,20,23)(H,21,24). The molecule has 0 saturated heterocycles. The van der Waals surface area contributed by atoms with Crippen molar-refractivity contribution in [1.82, 2.24) is 15.8 Å². The third-order valence-corrected chi connectivity index (χ3v) is 5.06. The second kappa shape index (κ2) is 7.69. The summed E-state index contributed by atoms with van der Waals surface area (Å²) in [6.45, 7) is 6.95. The molecule has 8 heteroatoms. The fourth-order valence-corrected chi connectivity index (χ4v) is 2.73. The van der Waals surface area contributed by atoms with Gasteiger partial charge in [0.1, 0.15) is 11.3 Å². The van der Waals surface area contributed by atoms with Crippen molar-refractivity contribution in [3.63, 3.8) is 0 Å². The minimum Gasteiger partial charge on any atom is -0.383 e. The van der Waals surface area contributed by atoms with Gasteiger partial charge in [-0.15, -0.1) is 0 Å². The maximum absolute atomic E-state index is 12.4. The quantitative estimate of drug-likeness (QED) is 0.704. The van der Waals surface area contributed by atoms with E-state index in [0.717, 1.165) is 10.0 Å². The van der Waals surface area contributed by atoms with Crippen molar-refractivity contribution < 1.29 is 14.1 Å². The molecule has 2 unspecified atom stereocenters. The van der Waals surface area contributed by atoms with Crippen LogP contribution in [0.3, 0.4) is 0 Å². The number of carbonyl (C=O) groups is 2. The summed E-state index contributed by atoms with van der Waals surface area (Å²) in [5.74, 6) is -0.575. The van der Waals surface area contributed by atoms with Crippen LogP contribution in [0.1, 0.15) is 45.9 Å². The summed E-state index contributed by atoms with van der Waals surface area (Å²) < 4.78 is 5.57. The molecular weight excluding hydrogens is 390 g/mol. The topological polar surface area (TPSA) is 104 Å². The van der Waals surface area contributed by atoms with Crippen molar-refractivity contribution in [2.45, 2.75) is 39.8 Å². The summed E-state index contributed by atoms with van der Waals surface area (Å²) in [5.41, 5.74) is 0.832. The molecule has 0 fully saturated rings. The predicted octanol–water partition coefficient (Wildman–Crippen LogP) is 2.28. The lowest BCUT2D eigenvalue weighted by Gasteiger charge is -2.22. The highest BCUT2D eigenvalue weighted by Crippen LogP contribution is 2.21. The van der Waals surface area contributed by atoms with Gasteiger partial charge in [-0.2, -0.15) is 5.16 Å². The molecule has 1 aromatic carbocycles. The Hall–Kier alpha value is -2.35. The zero-order chi connectivity index (χ0) is 18.7. The van der Waals surface area contributed by atoms with Crippen LogP contribution < -0.4 is 16.2 Å². The molecule has 3 N–H and O–H groups in total. The summed E-state index contributed by atoms with van der Waals surface area (Å²) >= 11 is 3.41. The first-order valence-electron chi connectivity index (χ1n) is 7.77. The number of halogens is 1. The number of hydrogen-bond acceptors (Lipinski definition) is 4. The fraction of sp³-hybridized carbons (Fsp3) is 0.353. The fourth-order valence-electron chi connectivity index (χ4n) is 2.28. The molecule has 1 heterocycles. The van der Waals surface area contributed by atoms with Crippen molar-refractivity contribution >= 4 is 27.7 Å². The van der Waals surface area contributed by atoms with Gasteiger partial charge in [-0.3, -0.25) is 14.4 Å². The monoisotopic (exact) mass is 409 g/mol. The molecule has 2 atom stereocenters. The molecule has 0 aliphatic rings. The van der Waals surface area contributed by atoms with Gasteiger partial charge >= 0.3 is 0 Å². The van der Waals surface area contributed by atoms with Gasteiger partial charge in [0, 0.05) is 16.6 Å². The number of H-pyrrole nitrogens is 1. The van der Waals surface area contributed by atoms with Crippen LogP contribution in [0, 0.1) is 13.8 Å². The average Bonchev–Trinajstić information content (AvgIpc) is 2.88. The SMILES string of the molecule is Cc1cccc(C(=O)NC(C)C(C)NC(=O)c2c(C)o[nH]c2=O)c1Br. The Balaban J connectivity index is 2.04. The highest BCUT2D eigenvalue weighted by Gasteiger charge is 2.23. The van der Waals surface area contributed by atoms with Gasteiger partial charge in [-0.1, -0.05) is 12.1 Å². The van der Waals surface area contributed by atoms with E-state index >= 15 is 0 Å². The minimum absolute atomic E-state index is 0.0631. The van der Waals surface area contributed by atoms with Gasteiger partial charge in [0.25, 0.3) is 17.4 Å². The van der Waals surface area contributed by atoms with E-state index < -0.39 is 17.5 Å². The molecule has 0 saturated carbocycles. The Morgan fingerprint density at radius 2 is 1.72 bits per heavy atom. The number of benzene rings is 1. The molecule has 2 rings (SSSR count). The van der Waals surface area contributed by atoms with E-state index in [1.54, 1.807) is 26.0 Å². The summed E-state index contributed by atoms with van der Waals surface area (Å²) in [6.07, 6.45) is 0. The smallest absolute Gasteiger partial charge is 0.293 e. The molecule has 2 aromatic rings. The van der Waals surface area contributed by atoms with Crippen molar-refractivity contribution in [1.29, 1.82) is 0 Å². The molecule has 134 valence electrons. The second-order valence-electron chi connectivity index (χ2n) is 5.93. The van der Waals surface area contributed by atoms with Gasteiger partial charge in [-0.05, 0) is 55.3 Å². The summed E-state index contributed by atoms with van der Waals surface area (Å²) in [7, 11) is 0. The maximum atomic E-state index is 12.4. The molecule has 2 amide bonds. The Morgan fingerprint density at radius 3 is 2.28 bits per heavy atom. The number of amides is 2. The Labute approximate surface area is 153 Å².